The molecule has 0 bridgehead atoms. The number of aliphatic hydroxyl groups excluding tert-OH is 1. The van der Waals surface area contributed by atoms with Gasteiger partial charge in [-0.1, -0.05) is 42.2 Å². The fraction of sp³-hybridized carbons (Fsp3) is 0.333. The highest BCUT2D eigenvalue weighted by atomic mass is 32.2. The van der Waals surface area contributed by atoms with Gasteiger partial charge in [-0.3, -0.25) is 4.40 Å². The number of fused-ring (bicyclic) bond motifs is 3. The van der Waals surface area contributed by atoms with E-state index in [4.69, 9.17) is 0 Å². The van der Waals surface area contributed by atoms with E-state index in [-0.39, 0.29) is 11.4 Å². The van der Waals surface area contributed by atoms with Gasteiger partial charge in [-0.2, -0.15) is 0 Å². The van der Waals surface area contributed by atoms with Gasteiger partial charge in [-0.15, -0.1) is 10.2 Å². The molecule has 2 unspecified atom stereocenters. The molecule has 2 heterocycles. The quantitative estimate of drug-likeness (QED) is 0.749. The van der Waals surface area contributed by atoms with E-state index in [9.17, 15) is 5.11 Å². The molecule has 0 aliphatic heterocycles. The number of thiazole rings is 1. The smallest absolute Gasteiger partial charge is 0.217 e. The molecule has 3 aromatic rings. The van der Waals surface area contributed by atoms with Crippen LogP contribution in [0.25, 0.3) is 15.2 Å². The molecule has 0 aliphatic carbocycles. The molecule has 4 nitrogen and oxygen atoms in total. The standard InChI is InChI=1S/C12H13N3OS2/c1-7(16)8(2)17-11-13-14-12-15(11)9-5-3-4-6-10(9)18-12/h3-8,16H,1-2H3. The molecule has 1 aromatic carbocycles. The number of hydrogen-bond donors (Lipinski definition) is 1. The summed E-state index contributed by atoms with van der Waals surface area (Å²) in [4.78, 5) is 0.900. The highest BCUT2D eigenvalue weighted by Crippen LogP contribution is 2.31. The number of para-hydroxylation sites is 1. The Balaban J connectivity index is 2.12. The van der Waals surface area contributed by atoms with E-state index in [0.29, 0.717) is 0 Å². The summed E-state index contributed by atoms with van der Waals surface area (Å²) in [5.74, 6) is 0. The summed E-state index contributed by atoms with van der Waals surface area (Å²) in [7, 11) is 0. The number of thioether (sulfide) groups is 1. The largest absolute Gasteiger partial charge is 0.392 e. The summed E-state index contributed by atoms with van der Waals surface area (Å²) >= 11 is 3.18. The minimum atomic E-state index is -0.368. The summed E-state index contributed by atoms with van der Waals surface area (Å²) in [6.45, 7) is 3.78. The maximum Gasteiger partial charge on any atom is 0.217 e. The summed E-state index contributed by atoms with van der Waals surface area (Å²) in [5.41, 5.74) is 1.13. The fourth-order valence-corrected chi connectivity index (χ4v) is 3.63. The Labute approximate surface area is 113 Å². The first-order valence-corrected chi connectivity index (χ1v) is 7.44. The predicted octanol–water partition coefficient (Wildman–Crippen LogP) is 2.81. The summed E-state index contributed by atoms with van der Waals surface area (Å²) < 4.78 is 3.26. The molecular formula is C12H13N3OS2. The minimum Gasteiger partial charge on any atom is -0.392 e. The van der Waals surface area contributed by atoms with Gasteiger partial charge < -0.3 is 5.11 Å². The Morgan fingerprint density at radius 1 is 1.28 bits per heavy atom. The lowest BCUT2D eigenvalue weighted by atomic mass is 10.3. The fourth-order valence-electron chi connectivity index (χ4n) is 1.70. The average molecular weight is 279 g/mol. The molecule has 6 heteroatoms. The van der Waals surface area contributed by atoms with Crippen LogP contribution in [-0.2, 0) is 0 Å². The number of aromatic nitrogens is 3. The highest BCUT2D eigenvalue weighted by molar-refractivity contribution is 7.99. The number of nitrogens with zero attached hydrogens (tertiary/aromatic N) is 3. The molecule has 0 aliphatic rings. The molecule has 3 rings (SSSR count). The lowest BCUT2D eigenvalue weighted by Crippen LogP contribution is -2.15. The monoisotopic (exact) mass is 279 g/mol. The van der Waals surface area contributed by atoms with Crippen molar-refractivity contribution in [3.05, 3.63) is 24.3 Å². The molecule has 2 aromatic heterocycles. The van der Waals surface area contributed by atoms with Gasteiger partial charge >= 0.3 is 0 Å². The second kappa shape index (κ2) is 4.53. The van der Waals surface area contributed by atoms with Crippen LogP contribution in [0.2, 0.25) is 0 Å². The molecule has 0 saturated carbocycles. The SMILES string of the molecule is CC(O)C(C)Sc1nnc2sc3ccccc3n12. The van der Waals surface area contributed by atoms with E-state index in [1.54, 1.807) is 30.0 Å². The van der Waals surface area contributed by atoms with E-state index in [1.807, 2.05) is 19.1 Å². The molecule has 0 radical (unpaired) electrons. The lowest BCUT2D eigenvalue weighted by molar-refractivity contribution is 0.196. The lowest BCUT2D eigenvalue weighted by Gasteiger charge is -2.11. The minimum absolute atomic E-state index is 0.0936. The average Bonchev–Trinajstić information content (AvgIpc) is 2.89. The Bertz CT molecular complexity index is 689. The van der Waals surface area contributed by atoms with Crippen molar-refractivity contribution in [1.29, 1.82) is 0 Å². The predicted molar refractivity (Wildman–Crippen MR) is 75.4 cm³/mol. The van der Waals surface area contributed by atoms with Crippen LogP contribution < -0.4 is 0 Å². The highest BCUT2D eigenvalue weighted by Gasteiger charge is 2.17. The Morgan fingerprint density at radius 3 is 2.83 bits per heavy atom. The third-order valence-electron chi connectivity index (χ3n) is 2.88. The van der Waals surface area contributed by atoms with Gasteiger partial charge in [0.1, 0.15) is 0 Å². The van der Waals surface area contributed by atoms with Crippen LogP contribution in [0.3, 0.4) is 0 Å². The van der Waals surface area contributed by atoms with Crippen molar-refractivity contribution in [1.82, 2.24) is 14.6 Å². The zero-order valence-corrected chi connectivity index (χ0v) is 11.7. The van der Waals surface area contributed by atoms with Gasteiger partial charge in [-0.05, 0) is 19.1 Å². The van der Waals surface area contributed by atoms with Crippen molar-refractivity contribution in [2.45, 2.75) is 30.4 Å². The van der Waals surface area contributed by atoms with Gasteiger partial charge in [0.2, 0.25) is 4.96 Å². The van der Waals surface area contributed by atoms with Gasteiger partial charge in [0.15, 0.2) is 5.16 Å². The van der Waals surface area contributed by atoms with Crippen LogP contribution in [0.4, 0.5) is 0 Å². The molecule has 18 heavy (non-hydrogen) atoms. The Hall–Kier alpha value is -1.11. The molecule has 0 spiro atoms. The number of hydrogen-bond acceptors (Lipinski definition) is 5. The Morgan fingerprint density at radius 2 is 2.06 bits per heavy atom. The van der Waals surface area contributed by atoms with Crippen LogP contribution in [0.15, 0.2) is 29.4 Å². The number of aliphatic hydroxyl groups is 1. The van der Waals surface area contributed by atoms with E-state index in [1.165, 1.54) is 4.70 Å². The van der Waals surface area contributed by atoms with E-state index >= 15 is 0 Å². The molecule has 2 atom stereocenters. The Kier molecular flexibility index (Phi) is 3.01. The number of benzene rings is 1. The van der Waals surface area contributed by atoms with E-state index < -0.39 is 0 Å². The normalized spacial score (nSPS) is 15.3. The second-order valence-electron chi connectivity index (χ2n) is 4.23. The van der Waals surface area contributed by atoms with Crippen molar-refractivity contribution in [3.8, 4) is 0 Å². The zero-order chi connectivity index (χ0) is 12.7. The molecule has 0 saturated heterocycles. The van der Waals surface area contributed by atoms with Crippen molar-refractivity contribution in [2.75, 3.05) is 0 Å². The third kappa shape index (κ3) is 1.90. The van der Waals surface area contributed by atoms with Crippen molar-refractivity contribution in [2.24, 2.45) is 0 Å². The maximum absolute atomic E-state index is 9.58. The molecule has 94 valence electrons. The first kappa shape index (κ1) is 12.0. The molecular weight excluding hydrogens is 266 g/mol. The number of rotatable bonds is 3. The second-order valence-corrected chi connectivity index (χ2v) is 6.59. The third-order valence-corrected chi connectivity index (χ3v) is 5.13. The summed E-state index contributed by atoms with van der Waals surface area (Å²) in [6.07, 6.45) is -0.368. The van der Waals surface area contributed by atoms with Crippen LogP contribution in [0, 0.1) is 0 Å². The van der Waals surface area contributed by atoms with Crippen LogP contribution in [0.1, 0.15) is 13.8 Å². The van der Waals surface area contributed by atoms with Crippen LogP contribution in [-0.4, -0.2) is 31.1 Å². The zero-order valence-electron chi connectivity index (χ0n) is 10.1. The van der Waals surface area contributed by atoms with Crippen molar-refractivity contribution < 1.29 is 5.11 Å². The van der Waals surface area contributed by atoms with Gasteiger partial charge in [-0.25, -0.2) is 0 Å². The summed E-state index contributed by atoms with van der Waals surface area (Å²) in [6, 6.07) is 8.19. The van der Waals surface area contributed by atoms with E-state index in [2.05, 4.69) is 26.7 Å². The molecule has 0 amide bonds. The van der Waals surface area contributed by atoms with Gasteiger partial charge in [0, 0.05) is 5.25 Å². The van der Waals surface area contributed by atoms with Crippen molar-refractivity contribution in [3.63, 3.8) is 0 Å². The first-order valence-electron chi connectivity index (χ1n) is 5.74. The van der Waals surface area contributed by atoms with Gasteiger partial charge in [0.25, 0.3) is 0 Å². The van der Waals surface area contributed by atoms with Gasteiger partial charge in [0.05, 0.1) is 16.3 Å². The van der Waals surface area contributed by atoms with Crippen LogP contribution in [0.5, 0.6) is 0 Å². The van der Waals surface area contributed by atoms with E-state index in [0.717, 1.165) is 15.6 Å². The maximum atomic E-state index is 9.58. The summed E-state index contributed by atoms with van der Waals surface area (Å²) in [5, 5.41) is 18.9. The first-order chi connectivity index (χ1) is 8.66. The van der Waals surface area contributed by atoms with Crippen LogP contribution >= 0.6 is 23.1 Å². The topological polar surface area (TPSA) is 50.4 Å². The molecule has 0 fully saturated rings. The van der Waals surface area contributed by atoms with Crippen molar-refractivity contribution >= 4 is 38.3 Å². The molecule has 1 N–H and O–H groups in total.